The van der Waals surface area contributed by atoms with Crippen molar-refractivity contribution < 1.29 is 9.21 Å². The zero-order chi connectivity index (χ0) is 15.6. The number of thiazole rings is 1. The SMILES string of the molecule is O=C(c1csc(-c2ccco2)n1)N1CCCSc2ccccc21. The van der Waals surface area contributed by atoms with E-state index in [1.54, 1.807) is 23.4 Å². The minimum atomic E-state index is -0.0472. The molecule has 1 aliphatic heterocycles. The average Bonchev–Trinajstić information content (AvgIpc) is 3.22. The highest BCUT2D eigenvalue weighted by Gasteiger charge is 2.24. The lowest BCUT2D eigenvalue weighted by atomic mass is 10.2. The van der Waals surface area contributed by atoms with Crippen LogP contribution in [-0.2, 0) is 0 Å². The van der Waals surface area contributed by atoms with Gasteiger partial charge in [0, 0.05) is 16.8 Å². The summed E-state index contributed by atoms with van der Waals surface area (Å²) in [5, 5.41) is 2.54. The molecule has 1 amide bonds. The van der Waals surface area contributed by atoms with Crippen LogP contribution in [-0.4, -0.2) is 23.2 Å². The Morgan fingerprint density at radius 1 is 1.22 bits per heavy atom. The summed E-state index contributed by atoms with van der Waals surface area (Å²) in [4.78, 5) is 20.4. The Hall–Kier alpha value is -2.05. The number of hydrogen-bond acceptors (Lipinski definition) is 5. The van der Waals surface area contributed by atoms with Crippen LogP contribution in [0.15, 0.2) is 57.4 Å². The van der Waals surface area contributed by atoms with Gasteiger partial charge in [0.2, 0.25) is 0 Å². The quantitative estimate of drug-likeness (QED) is 0.686. The Bertz CT molecular complexity index is 827. The van der Waals surface area contributed by atoms with Gasteiger partial charge in [0.1, 0.15) is 5.69 Å². The van der Waals surface area contributed by atoms with Gasteiger partial charge in [-0.2, -0.15) is 0 Å². The van der Waals surface area contributed by atoms with Gasteiger partial charge in [-0.25, -0.2) is 4.98 Å². The van der Waals surface area contributed by atoms with Crippen molar-refractivity contribution in [2.45, 2.75) is 11.3 Å². The third-order valence-electron chi connectivity index (χ3n) is 3.64. The second kappa shape index (κ2) is 6.22. The molecule has 23 heavy (non-hydrogen) atoms. The van der Waals surface area contributed by atoms with Crippen LogP contribution in [0.2, 0.25) is 0 Å². The summed E-state index contributed by atoms with van der Waals surface area (Å²) in [5.74, 6) is 1.67. The molecule has 0 saturated heterocycles. The van der Waals surface area contributed by atoms with E-state index in [1.807, 2.05) is 35.2 Å². The molecular weight excluding hydrogens is 328 g/mol. The Morgan fingerprint density at radius 3 is 3.00 bits per heavy atom. The fourth-order valence-electron chi connectivity index (χ4n) is 2.56. The highest BCUT2D eigenvalue weighted by atomic mass is 32.2. The van der Waals surface area contributed by atoms with Gasteiger partial charge in [-0.1, -0.05) is 12.1 Å². The van der Waals surface area contributed by atoms with Crippen LogP contribution in [0.4, 0.5) is 5.69 Å². The van der Waals surface area contributed by atoms with Crippen LogP contribution in [0.5, 0.6) is 0 Å². The van der Waals surface area contributed by atoms with Crippen molar-refractivity contribution in [3.63, 3.8) is 0 Å². The fraction of sp³-hybridized carbons (Fsp3) is 0.176. The first kappa shape index (κ1) is 14.5. The zero-order valence-electron chi connectivity index (χ0n) is 12.3. The fourth-order valence-corrected chi connectivity index (χ4v) is 4.32. The molecule has 0 bridgehead atoms. The van der Waals surface area contributed by atoms with E-state index in [0.29, 0.717) is 11.5 Å². The van der Waals surface area contributed by atoms with Crippen molar-refractivity contribution in [3.8, 4) is 10.8 Å². The van der Waals surface area contributed by atoms with Gasteiger partial charge < -0.3 is 9.32 Å². The first-order valence-corrected chi connectivity index (χ1v) is 9.22. The second-order valence-corrected chi connectivity index (χ2v) is 7.14. The molecular formula is C17H14N2O2S2. The zero-order valence-corrected chi connectivity index (χ0v) is 13.9. The van der Waals surface area contributed by atoms with Crippen LogP contribution >= 0.6 is 23.1 Å². The number of carbonyl (C=O) groups excluding carboxylic acids is 1. The minimum Gasteiger partial charge on any atom is -0.462 e. The first-order chi connectivity index (χ1) is 11.3. The van der Waals surface area contributed by atoms with E-state index in [4.69, 9.17) is 4.42 Å². The van der Waals surface area contributed by atoms with Gasteiger partial charge in [0.05, 0.1) is 12.0 Å². The molecule has 0 saturated carbocycles. The van der Waals surface area contributed by atoms with E-state index >= 15 is 0 Å². The maximum atomic E-state index is 12.9. The molecule has 6 heteroatoms. The highest BCUT2D eigenvalue weighted by molar-refractivity contribution is 7.99. The number of anilines is 1. The Morgan fingerprint density at radius 2 is 2.13 bits per heavy atom. The predicted octanol–water partition coefficient (Wildman–Crippen LogP) is 4.55. The number of fused-ring (bicyclic) bond motifs is 1. The van der Waals surface area contributed by atoms with Crippen molar-refractivity contribution in [2.75, 3.05) is 17.2 Å². The van der Waals surface area contributed by atoms with Gasteiger partial charge in [0.25, 0.3) is 5.91 Å². The van der Waals surface area contributed by atoms with Gasteiger partial charge in [0.15, 0.2) is 10.8 Å². The second-order valence-electron chi connectivity index (χ2n) is 5.14. The number of hydrogen-bond donors (Lipinski definition) is 0. The number of furan rings is 1. The molecule has 0 fully saturated rings. The smallest absolute Gasteiger partial charge is 0.277 e. The van der Waals surface area contributed by atoms with E-state index < -0.39 is 0 Å². The van der Waals surface area contributed by atoms with E-state index in [2.05, 4.69) is 11.1 Å². The summed E-state index contributed by atoms with van der Waals surface area (Å²) in [6.07, 6.45) is 2.58. The molecule has 116 valence electrons. The maximum Gasteiger partial charge on any atom is 0.277 e. The normalized spacial score (nSPS) is 14.3. The van der Waals surface area contributed by atoms with Gasteiger partial charge in [-0.3, -0.25) is 4.79 Å². The van der Waals surface area contributed by atoms with Gasteiger partial charge >= 0.3 is 0 Å². The molecule has 1 aliphatic rings. The van der Waals surface area contributed by atoms with Crippen molar-refractivity contribution >= 4 is 34.7 Å². The third-order valence-corrected chi connectivity index (χ3v) is 5.65. The Balaban J connectivity index is 1.67. The molecule has 3 heterocycles. The number of para-hydroxylation sites is 1. The molecule has 4 rings (SSSR count). The number of aromatic nitrogens is 1. The van der Waals surface area contributed by atoms with Crippen molar-refractivity contribution in [2.24, 2.45) is 0 Å². The molecule has 0 aliphatic carbocycles. The molecule has 4 nitrogen and oxygen atoms in total. The number of rotatable bonds is 2. The lowest BCUT2D eigenvalue weighted by Gasteiger charge is -2.21. The van der Waals surface area contributed by atoms with Crippen molar-refractivity contribution in [1.29, 1.82) is 0 Å². The van der Waals surface area contributed by atoms with E-state index in [1.165, 1.54) is 11.3 Å². The number of carbonyl (C=O) groups is 1. The molecule has 0 atom stereocenters. The van der Waals surface area contributed by atoms with E-state index in [-0.39, 0.29) is 5.91 Å². The standard InChI is InChI=1S/C17H14N2O2S2/c20-17(12-11-23-16(18-12)14-6-3-9-21-14)19-8-4-10-22-15-7-2-1-5-13(15)19/h1-3,5-7,9,11H,4,8,10H2. The van der Waals surface area contributed by atoms with Crippen LogP contribution in [0.3, 0.4) is 0 Å². The van der Waals surface area contributed by atoms with Crippen molar-refractivity contribution in [1.82, 2.24) is 4.98 Å². The van der Waals surface area contributed by atoms with Crippen molar-refractivity contribution in [3.05, 3.63) is 53.7 Å². The van der Waals surface area contributed by atoms with Crippen LogP contribution < -0.4 is 4.90 Å². The summed E-state index contributed by atoms with van der Waals surface area (Å²) < 4.78 is 5.35. The van der Waals surface area contributed by atoms with Gasteiger partial charge in [-0.05, 0) is 36.4 Å². The first-order valence-electron chi connectivity index (χ1n) is 7.36. The van der Waals surface area contributed by atoms with Crippen LogP contribution in [0.1, 0.15) is 16.9 Å². The molecule has 3 aromatic rings. The van der Waals surface area contributed by atoms with Crippen LogP contribution in [0, 0.1) is 0 Å². The summed E-state index contributed by atoms with van der Waals surface area (Å²) in [5.41, 5.74) is 1.45. The number of amides is 1. The molecule has 0 unspecified atom stereocenters. The summed E-state index contributed by atoms with van der Waals surface area (Å²) in [6, 6.07) is 11.7. The van der Waals surface area contributed by atoms with Gasteiger partial charge in [-0.15, -0.1) is 23.1 Å². The average molecular weight is 342 g/mol. The topological polar surface area (TPSA) is 46.3 Å². The molecule has 0 spiro atoms. The van der Waals surface area contributed by atoms with E-state index in [9.17, 15) is 4.79 Å². The summed E-state index contributed by atoms with van der Waals surface area (Å²) in [6.45, 7) is 0.719. The van der Waals surface area contributed by atoms with Crippen LogP contribution in [0.25, 0.3) is 10.8 Å². The monoisotopic (exact) mass is 342 g/mol. The summed E-state index contributed by atoms with van der Waals surface area (Å²) in [7, 11) is 0. The third kappa shape index (κ3) is 2.80. The number of thioether (sulfide) groups is 1. The highest BCUT2D eigenvalue weighted by Crippen LogP contribution is 2.34. The predicted molar refractivity (Wildman–Crippen MR) is 93.3 cm³/mol. The lowest BCUT2D eigenvalue weighted by molar-refractivity contribution is 0.0982. The molecule has 0 radical (unpaired) electrons. The largest absolute Gasteiger partial charge is 0.462 e. The molecule has 0 N–H and O–H groups in total. The minimum absolute atomic E-state index is 0.0472. The lowest BCUT2D eigenvalue weighted by Crippen LogP contribution is -2.32. The Kier molecular flexibility index (Phi) is 3.93. The number of nitrogens with zero attached hydrogens (tertiary/aromatic N) is 2. The Labute approximate surface area is 142 Å². The maximum absolute atomic E-state index is 12.9. The van der Waals surface area contributed by atoms with E-state index in [0.717, 1.165) is 34.3 Å². The molecule has 1 aromatic carbocycles. The summed E-state index contributed by atoms with van der Waals surface area (Å²) >= 11 is 3.23. The number of benzene rings is 1. The molecule has 2 aromatic heterocycles.